The summed E-state index contributed by atoms with van der Waals surface area (Å²) >= 11 is 0. The number of nitrogens with zero attached hydrogens (tertiary/aromatic N) is 1. The topological polar surface area (TPSA) is 83.8 Å². The van der Waals surface area contributed by atoms with Crippen LogP contribution in [0.25, 0.3) is 21.8 Å². The van der Waals surface area contributed by atoms with E-state index in [9.17, 15) is 18.0 Å². The monoisotopic (exact) mass is 444 g/mol. The first kappa shape index (κ1) is 21.2. The molecule has 2 heterocycles. The van der Waals surface area contributed by atoms with Crippen molar-refractivity contribution in [3.8, 4) is 11.5 Å². The lowest BCUT2D eigenvalue weighted by Crippen LogP contribution is -2.38. The number of aromatic nitrogens is 2. The SMILES string of the molecule is C[Si](C)(C)C#Cc1nc(N[C@H](C2CC2)C(F)(F)F)c2c([nH]c3ccccc32)c1C(N)=O. The van der Waals surface area contributed by atoms with Gasteiger partial charge in [-0.1, -0.05) is 43.8 Å². The first-order valence-electron chi connectivity index (χ1n) is 10.1. The Labute approximate surface area is 178 Å². The molecule has 1 amide bonds. The van der Waals surface area contributed by atoms with Crippen molar-refractivity contribution in [2.75, 3.05) is 5.32 Å². The molecule has 4 N–H and O–H groups in total. The number of primary amides is 1. The minimum atomic E-state index is -4.42. The van der Waals surface area contributed by atoms with Crippen LogP contribution in [0.5, 0.6) is 0 Å². The highest BCUT2D eigenvalue weighted by molar-refractivity contribution is 6.83. The van der Waals surface area contributed by atoms with E-state index in [-0.39, 0.29) is 17.1 Å². The predicted octanol–water partition coefficient (Wildman–Crippen LogP) is 4.80. The lowest BCUT2D eigenvalue weighted by Gasteiger charge is -2.23. The van der Waals surface area contributed by atoms with E-state index in [1.807, 2.05) is 19.6 Å². The van der Waals surface area contributed by atoms with Gasteiger partial charge >= 0.3 is 6.18 Å². The molecule has 5 nitrogen and oxygen atoms in total. The number of carbonyl (C=O) groups excluding carboxylic acids is 1. The Hall–Kier alpha value is -2.99. The molecule has 0 bridgehead atoms. The van der Waals surface area contributed by atoms with Gasteiger partial charge in [0.1, 0.15) is 25.6 Å². The van der Waals surface area contributed by atoms with Crippen LogP contribution in [0.1, 0.15) is 28.9 Å². The molecule has 4 rings (SSSR count). The summed E-state index contributed by atoms with van der Waals surface area (Å²) in [5.41, 5.74) is 10.0. The van der Waals surface area contributed by atoms with Crippen molar-refractivity contribution < 1.29 is 18.0 Å². The number of amides is 1. The summed E-state index contributed by atoms with van der Waals surface area (Å²) in [7, 11) is -1.85. The number of fused-ring (bicyclic) bond motifs is 3. The number of rotatable bonds is 4. The van der Waals surface area contributed by atoms with E-state index < -0.39 is 32.1 Å². The van der Waals surface area contributed by atoms with Crippen LogP contribution >= 0.6 is 0 Å². The molecule has 1 aromatic carbocycles. The number of nitrogens with one attached hydrogen (secondary N) is 2. The van der Waals surface area contributed by atoms with Crippen molar-refractivity contribution in [1.29, 1.82) is 0 Å². The second kappa shape index (κ2) is 7.30. The molecule has 1 aliphatic carbocycles. The molecule has 9 heteroatoms. The van der Waals surface area contributed by atoms with E-state index in [0.717, 1.165) is 0 Å². The van der Waals surface area contributed by atoms with Gasteiger partial charge in [-0.3, -0.25) is 4.79 Å². The third kappa shape index (κ3) is 4.25. The summed E-state index contributed by atoms with van der Waals surface area (Å²) < 4.78 is 41.3. The van der Waals surface area contributed by atoms with Gasteiger partial charge in [-0.25, -0.2) is 4.98 Å². The van der Waals surface area contributed by atoms with Crippen LogP contribution in [0.2, 0.25) is 19.6 Å². The van der Waals surface area contributed by atoms with Crippen LogP contribution < -0.4 is 11.1 Å². The van der Waals surface area contributed by atoms with Gasteiger partial charge in [0.25, 0.3) is 5.91 Å². The molecule has 1 saturated carbocycles. The average molecular weight is 445 g/mol. The Balaban J connectivity index is 2.02. The summed E-state index contributed by atoms with van der Waals surface area (Å²) in [6.07, 6.45) is -3.40. The highest BCUT2D eigenvalue weighted by Gasteiger charge is 2.49. The summed E-state index contributed by atoms with van der Waals surface area (Å²) in [6.45, 7) is 6.08. The van der Waals surface area contributed by atoms with Gasteiger partial charge in [0.15, 0.2) is 0 Å². The molecule has 1 aliphatic rings. The van der Waals surface area contributed by atoms with Gasteiger partial charge in [-0.05, 0) is 24.8 Å². The number of alkyl halides is 3. The smallest absolute Gasteiger partial charge is 0.365 e. The quantitative estimate of drug-likeness (QED) is 0.399. The number of para-hydroxylation sites is 1. The molecule has 1 atom stereocenters. The maximum absolute atomic E-state index is 13.8. The fraction of sp³-hybridized carbons (Fsp3) is 0.364. The molecule has 2 aromatic heterocycles. The maximum atomic E-state index is 13.8. The van der Waals surface area contributed by atoms with E-state index in [4.69, 9.17) is 5.73 Å². The van der Waals surface area contributed by atoms with Gasteiger partial charge < -0.3 is 16.0 Å². The summed E-state index contributed by atoms with van der Waals surface area (Å²) in [4.78, 5) is 19.9. The van der Waals surface area contributed by atoms with E-state index in [1.54, 1.807) is 24.3 Å². The summed E-state index contributed by atoms with van der Waals surface area (Å²) in [5, 5.41) is 3.72. The number of H-pyrrole nitrogens is 1. The van der Waals surface area contributed by atoms with Crippen molar-refractivity contribution in [2.45, 2.75) is 44.7 Å². The third-order valence-corrected chi connectivity index (χ3v) is 6.07. The van der Waals surface area contributed by atoms with E-state index in [0.29, 0.717) is 34.6 Å². The maximum Gasteiger partial charge on any atom is 0.408 e. The lowest BCUT2D eigenvalue weighted by molar-refractivity contribution is -0.146. The largest absolute Gasteiger partial charge is 0.408 e. The number of benzene rings is 1. The average Bonchev–Trinajstić information content (AvgIpc) is 3.41. The van der Waals surface area contributed by atoms with Gasteiger partial charge in [0.2, 0.25) is 0 Å². The molecule has 1 fully saturated rings. The van der Waals surface area contributed by atoms with Crippen LogP contribution in [0, 0.1) is 17.4 Å². The van der Waals surface area contributed by atoms with E-state index >= 15 is 0 Å². The molecule has 0 spiro atoms. The highest BCUT2D eigenvalue weighted by Crippen LogP contribution is 2.43. The van der Waals surface area contributed by atoms with Crippen molar-refractivity contribution >= 4 is 41.6 Å². The predicted molar refractivity (Wildman–Crippen MR) is 119 cm³/mol. The van der Waals surface area contributed by atoms with Gasteiger partial charge in [-0.15, -0.1) is 5.54 Å². The van der Waals surface area contributed by atoms with Crippen LogP contribution in [0.4, 0.5) is 19.0 Å². The highest BCUT2D eigenvalue weighted by atomic mass is 28.3. The number of carbonyl (C=O) groups is 1. The molecule has 31 heavy (non-hydrogen) atoms. The van der Waals surface area contributed by atoms with Crippen molar-refractivity contribution in [2.24, 2.45) is 11.7 Å². The van der Waals surface area contributed by atoms with Gasteiger partial charge in [-0.2, -0.15) is 13.2 Å². The zero-order valence-corrected chi connectivity index (χ0v) is 18.4. The van der Waals surface area contributed by atoms with Crippen molar-refractivity contribution in [3.05, 3.63) is 35.5 Å². The fourth-order valence-electron chi connectivity index (χ4n) is 3.64. The number of aromatic amines is 1. The number of hydrogen-bond donors (Lipinski definition) is 3. The Kier molecular flexibility index (Phi) is 5.01. The molecule has 0 unspecified atom stereocenters. The molecule has 0 saturated heterocycles. The number of hydrogen-bond acceptors (Lipinski definition) is 3. The van der Waals surface area contributed by atoms with Crippen LogP contribution in [-0.4, -0.2) is 36.2 Å². The van der Waals surface area contributed by atoms with Crippen molar-refractivity contribution in [3.63, 3.8) is 0 Å². The number of pyridine rings is 1. The first-order valence-corrected chi connectivity index (χ1v) is 13.6. The Morgan fingerprint density at radius 2 is 1.97 bits per heavy atom. The van der Waals surface area contributed by atoms with Gasteiger partial charge in [0, 0.05) is 10.9 Å². The van der Waals surface area contributed by atoms with Crippen LogP contribution in [0.3, 0.4) is 0 Å². The van der Waals surface area contributed by atoms with Crippen LogP contribution in [-0.2, 0) is 0 Å². The molecular weight excluding hydrogens is 421 g/mol. The van der Waals surface area contributed by atoms with Gasteiger partial charge in [0.05, 0.1) is 16.5 Å². The zero-order chi connectivity index (χ0) is 22.6. The number of halogens is 3. The molecule has 162 valence electrons. The minimum Gasteiger partial charge on any atom is -0.365 e. The Morgan fingerprint density at radius 3 is 2.55 bits per heavy atom. The minimum absolute atomic E-state index is 0.0616. The Morgan fingerprint density at radius 1 is 1.29 bits per heavy atom. The van der Waals surface area contributed by atoms with Crippen LogP contribution in [0.15, 0.2) is 24.3 Å². The number of anilines is 1. The lowest BCUT2D eigenvalue weighted by atomic mass is 10.1. The first-order chi connectivity index (χ1) is 14.5. The normalized spacial score (nSPS) is 15.5. The number of nitrogens with two attached hydrogens (primary N) is 1. The molecule has 0 radical (unpaired) electrons. The van der Waals surface area contributed by atoms with E-state index in [2.05, 4.69) is 26.7 Å². The third-order valence-electron chi connectivity index (χ3n) is 5.19. The van der Waals surface area contributed by atoms with Crippen molar-refractivity contribution in [1.82, 2.24) is 9.97 Å². The second-order valence-corrected chi connectivity index (χ2v) is 13.7. The second-order valence-electron chi connectivity index (χ2n) is 8.97. The Bertz CT molecular complexity index is 1240. The standard InChI is InChI=1S/C22H23F3N4OSi/c1-31(2,3)11-10-15-17(20(26)30)18-16(13-6-4-5-7-14(13)27-18)21(28-15)29-19(12-8-9-12)22(23,24)25/h4-7,12,19,27H,8-9H2,1-3H3,(H2,26,30)(H,28,29)/t19-/m1/s1. The molecule has 0 aliphatic heterocycles. The summed E-state index contributed by atoms with van der Waals surface area (Å²) in [6, 6.07) is 5.44. The van der Waals surface area contributed by atoms with E-state index in [1.165, 1.54) is 0 Å². The summed E-state index contributed by atoms with van der Waals surface area (Å²) in [5.74, 6) is 1.77. The molecular formula is C22H23F3N4OSi. The fourth-order valence-corrected chi connectivity index (χ4v) is 4.14. The molecule has 3 aromatic rings. The zero-order valence-electron chi connectivity index (χ0n) is 17.4.